The number of nitrogens with zero attached hydrogens (tertiary/aromatic N) is 6. The topological polar surface area (TPSA) is 70.2 Å². The summed E-state index contributed by atoms with van der Waals surface area (Å²) in [5, 5.41) is 9.97. The van der Waals surface area contributed by atoms with Gasteiger partial charge < -0.3 is 19.1 Å². The van der Waals surface area contributed by atoms with Gasteiger partial charge in [-0.2, -0.15) is 5.26 Å². The molecular formula is C25H26F2N6O. The molecule has 0 atom stereocenters. The van der Waals surface area contributed by atoms with E-state index >= 15 is 4.39 Å². The molecule has 3 aromatic rings. The number of rotatable bonds is 6. The van der Waals surface area contributed by atoms with Crippen LogP contribution in [-0.2, 0) is 13.5 Å². The summed E-state index contributed by atoms with van der Waals surface area (Å²) in [5.41, 5.74) is 2.34. The monoisotopic (exact) mass is 464 g/mol. The molecule has 0 N–H and O–H groups in total. The highest BCUT2D eigenvalue weighted by atomic mass is 19.1. The number of piperazine rings is 1. The number of ether oxygens (including phenoxy) is 1. The van der Waals surface area contributed by atoms with E-state index in [4.69, 9.17) is 4.74 Å². The van der Waals surface area contributed by atoms with E-state index in [1.807, 2.05) is 6.08 Å². The normalized spacial score (nSPS) is 14.9. The van der Waals surface area contributed by atoms with Crippen molar-refractivity contribution < 1.29 is 13.5 Å². The highest BCUT2D eigenvalue weighted by molar-refractivity contribution is 5.84. The second-order valence-corrected chi connectivity index (χ2v) is 8.35. The van der Waals surface area contributed by atoms with Crippen LogP contribution in [0.5, 0.6) is 11.6 Å². The number of allylic oxidation sites excluding steroid dienone is 3. The molecule has 7 nitrogen and oxygen atoms in total. The fourth-order valence-electron chi connectivity index (χ4n) is 4.15. The molecule has 0 amide bonds. The Balaban J connectivity index is 1.68. The zero-order chi connectivity index (χ0) is 24.4. The van der Waals surface area contributed by atoms with E-state index in [1.165, 1.54) is 6.33 Å². The molecule has 176 valence electrons. The van der Waals surface area contributed by atoms with Crippen molar-refractivity contribution in [2.75, 3.05) is 33.2 Å². The number of likely N-dealkylation sites (N-methyl/N-ethyl adjacent to an activating group) is 1. The molecule has 9 heteroatoms. The first-order valence-corrected chi connectivity index (χ1v) is 10.9. The van der Waals surface area contributed by atoms with Crippen molar-refractivity contribution in [1.29, 1.82) is 5.26 Å². The highest BCUT2D eigenvalue weighted by Crippen LogP contribution is 2.34. The molecule has 1 aromatic carbocycles. The van der Waals surface area contributed by atoms with E-state index in [-0.39, 0.29) is 28.1 Å². The van der Waals surface area contributed by atoms with Crippen molar-refractivity contribution in [3.63, 3.8) is 0 Å². The lowest BCUT2D eigenvalue weighted by atomic mass is 10.1. The molecule has 2 aromatic heterocycles. The number of benzene rings is 1. The van der Waals surface area contributed by atoms with Gasteiger partial charge in [-0.05, 0) is 26.1 Å². The zero-order valence-electron chi connectivity index (χ0n) is 19.5. The van der Waals surface area contributed by atoms with Gasteiger partial charge in [-0.25, -0.2) is 18.7 Å². The first-order valence-electron chi connectivity index (χ1n) is 10.9. The molecular weight excluding hydrogens is 438 g/mol. The molecule has 0 aliphatic carbocycles. The van der Waals surface area contributed by atoms with Crippen molar-refractivity contribution in [1.82, 2.24) is 24.3 Å². The van der Waals surface area contributed by atoms with Crippen molar-refractivity contribution in [2.24, 2.45) is 7.05 Å². The maximum Gasteiger partial charge on any atom is 0.240 e. The van der Waals surface area contributed by atoms with Crippen LogP contribution in [0, 0.1) is 29.9 Å². The Morgan fingerprint density at radius 1 is 1.21 bits per heavy atom. The van der Waals surface area contributed by atoms with Crippen LogP contribution in [0.1, 0.15) is 17.0 Å². The number of hydrogen-bond acceptors (Lipinski definition) is 6. The maximum atomic E-state index is 15.2. The van der Waals surface area contributed by atoms with Crippen molar-refractivity contribution in [3.05, 3.63) is 71.5 Å². The minimum Gasteiger partial charge on any atom is -0.434 e. The van der Waals surface area contributed by atoms with Crippen molar-refractivity contribution in [2.45, 2.75) is 13.3 Å². The summed E-state index contributed by atoms with van der Waals surface area (Å²) >= 11 is 0. The third-order valence-electron chi connectivity index (χ3n) is 6.19. The van der Waals surface area contributed by atoms with Crippen LogP contribution < -0.4 is 4.74 Å². The summed E-state index contributed by atoms with van der Waals surface area (Å²) in [6, 6.07) is 4.61. The maximum absolute atomic E-state index is 15.2. The lowest BCUT2D eigenvalue weighted by Crippen LogP contribution is -2.44. The predicted octanol–water partition coefficient (Wildman–Crippen LogP) is 4.08. The highest BCUT2D eigenvalue weighted by Gasteiger charge is 2.23. The third kappa shape index (κ3) is 4.37. The van der Waals surface area contributed by atoms with Gasteiger partial charge in [-0.15, -0.1) is 0 Å². The Morgan fingerprint density at radius 3 is 2.62 bits per heavy atom. The van der Waals surface area contributed by atoms with Crippen LogP contribution in [0.15, 0.2) is 42.9 Å². The van der Waals surface area contributed by atoms with E-state index in [9.17, 15) is 9.65 Å². The number of aromatic nitrogens is 3. The van der Waals surface area contributed by atoms with E-state index < -0.39 is 11.6 Å². The number of nitriles is 1. The second-order valence-electron chi connectivity index (χ2n) is 8.35. The van der Waals surface area contributed by atoms with Gasteiger partial charge in [0.25, 0.3) is 0 Å². The molecule has 0 bridgehead atoms. The van der Waals surface area contributed by atoms with Gasteiger partial charge in [0.2, 0.25) is 5.88 Å². The fraction of sp³-hybridized carbons (Fsp3) is 0.320. The Bertz CT molecular complexity index is 1320. The van der Waals surface area contributed by atoms with Crippen LogP contribution in [0.4, 0.5) is 8.78 Å². The number of fused-ring (bicyclic) bond motifs is 1. The molecule has 0 spiro atoms. The van der Waals surface area contributed by atoms with Gasteiger partial charge in [0.1, 0.15) is 18.0 Å². The fourth-order valence-corrected chi connectivity index (χ4v) is 4.15. The number of halogens is 2. The van der Waals surface area contributed by atoms with E-state index in [0.717, 1.165) is 37.9 Å². The molecule has 3 heterocycles. The molecule has 0 radical (unpaired) electrons. The van der Waals surface area contributed by atoms with Crippen LogP contribution >= 0.6 is 0 Å². The number of hydrogen-bond donors (Lipinski definition) is 0. The average Bonchev–Trinajstić information content (AvgIpc) is 3.12. The van der Waals surface area contributed by atoms with E-state index in [2.05, 4.69) is 39.5 Å². The molecule has 1 aliphatic rings. The standard InChI is InChI=1S/C25H26F2N6O/c1-5-6-17(33-9-7-31(3)8-10-33)12-21-19(14-28)25(30-15-29-21)34-22-13-20(26)24-18(23(22)27)11-16(2)32(24)4/h5-6,11,13,15H,1,7-10,12H2,2-4H3/b17-6+. The molecule has 34 heavy (non-hydrogen) atoms. The van der Waals surface area contributed by atoms with Gasteiger partial charge in [-0.1, -0.05) is 12.7 Å². The summed E-state index contributed by atoms with van der Waals surface area (Å²) in [6.45, 7) is 9.09. The third-order valence-corrected chi connectivity index (χ3v) is 6.19. The van der Waals surface area contributed by atoms with Crippen molar-refractivity contribution >= 4 is 10.9 Å². The first-order chi connectivity index (χ1) is 16.3. The summed E-state index contributed by atoms with van der Waals surface area (Å²) in [7, 11) is 3.74. The molecule has 1 fully saturated rings. The molecule has 1 saturated heterocycles. The smallest absolute Gasteiger partial charge is 0.240 e. The van der Waals surface area contributed by atoms with Gasteiger partial charge in [0, 0.05) is 62.5 Å². The Labute approximate surface area is 197 Å². The lowest BCUT2D eigenvalue weighted by Gasteiger charge is -2.35. The molecule has 1 aliphatic heterocycles. The van der Waals surface area contributed by atoms with Crippen LogP contribution in [0.3, 0.4) is 0 Å². The SMILES string of the molecule is C=C/C=C(\Cc1ncnc(Oc2cc(F)c3c(cc(C)n3C)c2F)c1C#N)N1CCN(C)CC1. The Hall–Kier alpha value is -3.77. The van der Waals surface area contributed by atoms with Crippen LogP contribution in [0.2, 0.25) is 0 Å². The largest absolute Gasteiger partial charge is 0.434 e. The zero-order valence-corrected chi connectivity index (χ0v) is 19.5. The van der Waals surface area contributed by atoms with Gasteiger partial charge in [0.05, 0.1) is 11.2 Å². The summed E-state index contributed by atoms with van der Waals surface area (Å²) in [6.07, 6.45) is 5.22. The molecule has 0 saturated carbocycles. The summed E-state index contributed by atoms with van der Waals surface area (Å²) in [4.78, 5) is 12.8. The second kappa shape index (κ2) is 9.61. The van der Waals surface area contributed by atoms with E-state index in [1.54, 1.807) is 30.7 Å². The van der Waals surface area contributed by atoms with Gasteiger partial charge in [0.15, 0.2) is 17.4 Å². The molecule has 0 unspecified atom stereocenters. The minimum absolute atomic E-state index is 0.0794. The van der Waals surface area contributed by atoms with Crippen molar-refractivity contribution in [3.8, 4) is 17.7 Å². The van der Waals surface area contributed by atoms with Gasteiger partial charge >= 0.3 is 0 Å². The minimum atomic E-state index is -0.714. The summed E-state index contributed by atoms with van der Waals surface area (Å²) < 4.78 is 37.2. The summed E-state index contributed by atoms with van der Waals surface area (Å²) in [5.74, 6) is -1.79. The van der Waals surface area contributed by atoms with Crippen LogP contribution in [-0.4, -0.2) is 57.6 Å². The first kappa shape index (κ1) is 23.4. The van der Waals surface area contributed by atoms with E-state index in [0.29, 0.717) is 17.8 Å². The average molecular weight is 465 g/mol. The Morgan fingerprint density at radius 2 is 1.94 bits per heavy atom. The lowest BCUT2D eigenvalue weighted by molar-refractivity contribution is 0.183. The van der Waals surface area contributed by atoms with Gasteiger partial charge in [-0.3, -0.25) is 0 Å². The Kier molecular flexibility index (Phi) is 6.61. The molecule has 4 rings (SSSR count). The number of aryl methyl sites for hydroxylation is 2. The predicted molar refractivity (Wildman–Crippen MR) is 125 cm³/mol. The van der Waals surface area contributed by atoms with Crippen LogP contribution in [0.25, 0.3) is 10.9 Å². The quantitative estimate of drug-likeness (QED) is 0.512.